The van der Waals surface area contributed by atoms with Crippen molar-refractivity contribution >= 4 is 17.2 Å². The van der Waals surface area contributed by atoms with Crippen LogP contribution in [0.1, 0.15) is 22.2 Å². The van der Waals surface area contributed by atoms with Gasteiger partial charge in [0.25, 0.3) is 5.91 Å². The van der Waals surface area contributed by atoms with Crippen molar-refractivity contribution in [2.24, 2.45) is 0 Å². The van der Waals surface area contributed by atoms with Crippen molar-refractivity contribution in [1.82, 2.24) is 5.32 Å². The van der Waals surface area contributed by atoms with Crippen molar-refractivity contribution < 1.29 is 32.2 Å². The number of amides is 1. The number of thiophene rings is 1. The lowest BCUT2D eigenvalue weighted by Crippen LogP contribution is -2.28. The van der Waals surface area contributed by atoms with Gasteiger partial charge in [-0.15, -0.1) is 13.2 Å². The second-order valence-electron chi connectivity index (χ2n) is 5.51. The second-order valence-corrected chi connectivity index (χ2v) is 6.29. The van der Waals surface area contributed by atoms with Gasteiger partial charge in [-0.3, -0.25) is 4.79 Å². The molecule has 27 heavy (non-hydrogen) atoms. The van der Waals surface area contributed by atoms with E-state index in [0.717, 1.165) is 17.7 Å². The predicted molar refractivity (Wildman–Crippen MR) is 92.4 cm³/mol. The SMILES string of the molecule is O=C(NC[C@@H](O)c1ccc(-c2ccsc2)o1)c1ccc(OC(F)(F)F)cc1. The summed E-state index contributed by atoms with van der Waals surface area (Å²) in [6.07, 6.45) is -5.85. The highest BCUT2D eigenvalue weighted by Crippen LogP contribution is 2.27. The van der Waals surface area contributed by atoms with Gasteiger partial charge in [-0.05, 0) is 47.8 Å². The number of nitrogens with one attached hydrogen (secondary N) is 1. The maximum atomic E-state index is 12.1. The molecular weight excluding hydrogens is 383 g/mol. The minimum Gasteiger partial charge on any atom is -0.458 e. The van der Waals surface area contributed by atoms with Crippen LogP contribution in [0.2, 0.25) is 0 Å². The molecule has 1 amide bonds. The Balaban J connectivity index is 1.55. The number of ether oxygens (including phenoxy) is 1. The number of furan rings is 1. The fraction of sp³-hybridized carbons (Fsp3) is 0.167. The van der Waals surface area contributed by atoms with Gasteiger partial charge in [0.05, 0.1) is 6.54 Å². The highest BCUT2D eigenvalue weighted by Gasteiger charge is 2.31. The third-order valence-corrected chi connectivity index (χ3v) is 4.25. The van der Waals surface area contributed by atoms with Gasteiger partial charge in [0, 0.05) is 16.5 Å². The molecule has 0 aliphatic carbocycles. The highest BCUT2D eigenvalue weighted by atomic mass is 32.1. The van der Waals surface area contributed by atoms with Crippen LogP contribution in [0.15, 0.2) is 57.6 Å². The molecule has 0 unspecified atom stereocenters. The molecule has 3 aromatic rings. The lowest BCUT2D eigenvalue weighted by atomic mass is 10.2. The van der Waals surface area contributed by atoms with Gasteiger partial charge in [-0.2, -0.15) is 11.3 Å². The van der Waals surface area contributed by atoms with Gasteiger partial charge in [0.2, 0.25) is 0 Å². The number of aliphatic hydroxyl groups excluding tert-OH is 1. The Morgan fingerprint density at radius 2 is 1.93 bits per heavy atom. The van der Waals surface area contributed by atoms with E-state index in [1.54, 1.807) is 12.1 Å². The Morgan fingerprint density at radius 1 is 1.19 bits per heavy atom. The largest absolute Gasteiger partial charge is 0.573 e. The van der Waals surface area contributed by atoms with E-state index in [9.17, 15) is 23.1 Å². The number of halogens is 3. The first-order chi connectivity index (χ1) is 12.8. The summed E-state index contributed by atoms with van der Waals surface area (Å²) in [5.74, 6) is -0.0600. The first kappa shape index (κ1) is 19.0. The van der Waals surface area contributed by atoms with Crippen LogP contribution in [0.5, 0.6) is 5.75 Å². The van der Waals surface area contributed by atoms with Gasteiger partial charge in [-0.1, -0.05) is 0 Å². The Labute approximate surface area is 156 Å². The molecule has 0 bridgehead atoms. The average Bonchev–Trinajstić information content (AvgIpc) is 3.29. The lowest BCUT2D eigenvalue weighted by molar-refractivity contribution is -0.274. The van der Waals surface area contributed by atoms with Gasteiger partial charge in [0.1, 0.15) is 23.4 Å². The fourth-order valence-corrected chi connectivity index (χ4v) is 2.94. The number of aliphatic hydroxyl groups is 1. The molecule has 9 heteroatoms. The maximum absolute atomic E-state index is 12.1. The van der Waals surface area contributed by atoms with Crippen molar-refractivity contribution in [2.75, 3.05) is 6.54 Å². The van der Waals surface area contributed by atoms with Crippen LogP contribution >= 0.6 is 11.3 Å². The molecule has 0 aliphatic heterocycles. The Morgan fingerprint density at radius 3 is 2.56 bits per heavy atom. The van der Waals surface area contributed by atoms with E-state index in [1.165, 1.54) is 23.5 Å². The van der Waals surface area contributed by atoms with Crippen molar-refractivity contribution in [2.45, 2.75) is 12.5 Å². The summed E-state index contributed by atoms with van der Waals surface area (Å²) in [6, 6.07) is 9.70. The topological polar surface area (TPSA) is 71.7 Å². The van der Waals surface area contributed by atoms with E-state index < -0.39 is 24.1 Å². The Bertz CT molecular complexity index is 888. The van der Waals surface area contributed by atoms with Crippen LogP contribution in [0, 0.1) is 0 Å². The molecule has 2 aromatic heterocycles. The fourth-order valence-electron chi connectivity index (χ4n) is 2.29. The number of hydrogen-bond donors (Lipinski definition) is 2. The van der Waals surface area contributed by atoms with E-state index >= 15 is 0 Å². The van der Waals surface area contributed by atoms with Gasteiger partial charge in [0.15, 0.2) is 0 Å². The Kier molecular flexibility index (Phi) is 5.52. The minimum absolute atomic E-state index is 0.115. The molecule has 5 nitrogen and oxygen atoms in total. The predicted octanol–water partition coefficient (Wildman–Crippen LogP) is 4.37. The molecule has 142 valence electrons. The van der Waals surface area contributed by atoms with Crippen molar-refractivity contribution in [3.05, 3.63) is 64.5 Å². The third kappa shape index (κ3) is 5.11. The van der Waals surface area contributed by atoms with Crippen LogP contribution in [0.25, 0.3) is 11.3 Å². The molecular formula is C18H14F3NO4S. The zero-order valence-corrected chi connectivity index (χ0v) is 14.5. The zero-order chi connectivity index (χ0) is 19.4. The monoisotopic (exact) mass is 397 g/mol. The Hall–Kier alpha value is -2.78. The van der Waals surface area contributed by atoms with E-state index in [2.05, 4.69) is 10.1 Å². The van der Waals surface area contributed by atoms with Crippen LogP contribution in [-0.2, 0) is 0 Å². The smallest absolute Gasteiger partial charge is 0.458 e. The van der Waals surface area contributed by atoms with Gasteiger partial charge in [-0.25, -0.2) is 0 Å². The molecule has 0 fully saturated rings. The molecule has 3 rings (SSSR count). The van der Waals surface area contributed by atoms with Crippen molar-refractivity contribution in [1.29, 1.82) is 0 Å². The lowest BCUT2D eigenvalue weighted by Gasteiger charge is -2.11. The van der Waals surface area contributed by atoms with Gasteiger partial charge >= 0.3 is 6.36 Å². The van der Waals surface area contributed by atoms with Gasteiger partial charge < -0.3 is 19.6 Å². The molecule has 0 spiro atoms. The van der Waals surface area contributed by atoms with E-state index in [0.29, 0.717) is 11.5 Å². The van der Waals surface area contributed by atoms with Crippen LogP contribution in [0.3, 0.4) is 0 Å². The number of hydrogen-bond acceptors (Lipinski definition) is 5. The summed E-state index contributed by atoms with van der Waals surface area (Å²) in [6.45, 7) is -0.115. The number of rotatable bonds is 6. The molecule has 0 aliphatic rings. The van der Waals surface area contributed by atoms with E-state index in [-0.39, 0.29) is 12.1 Å². The van der Waals surface area contributed by atoms with Crippen molar-refractivity contribution in [3.63, 3.8) is 0 Å². The molecule has 0 radical (unpaired) electrons. The number of carbonyl (C=O) groups excluding carboxylic acids is 1. The van der Waals surface area contributed by atoms with Crippen LogP contribution in [-0.4, -0.2) is 23.9 Å². The van der Waals surface area contributed by atoms with Crippen LogP contribution in [0.4, 0.5) is 13.2 Å². The summed E-state index contributed by atoms with van der Waals surface area (Å²) in [5, 5.41) is 16.5. The third-order valence-electron chi connectivity index (χ3n) is 3.57. The second kappa shape index (κ2) is 7.85. The number of carbonyl (C=O) groups is 1. The quantitative estimate of drug-likeness (QED) is 0.648. The summed E-state index contributed by atoms with van der Waals surface area (Å²) in [4.78, 5) is 12.1. The zero-order valence-electron chi connectivity index (χ0n) is 13.7. The molecule has 1 atom stereocenters. The number of alkyl halides is 3. The highest BCUT2D eigenvalue weighted by molar-refractivity contribution is 7.08. The standard InChI is InChI=1S/C18H14F3NO4S/c19-18(20,21)26-13-3-1-11(2-4-13)17(24)22-9-14(23)16-6-5-15(25-16)12-7-8-27-10-12/h1-8,10,14,23H,9H2,(H,22,24)/t14-/m1/s1. The first-order valence-electron chi connectivity index (χ1n) is 7.76. The summed E-state index contributed by atoms with van der Waals surface area (Å²) in [5.41, 5.74) is 1.03. The minimum atomic E-state index is -4.79. The maximum Gasteiger partial charge on any atom is 0.573 e. The first-order valence-corrected chi connectivity index (χ1v) is 8.70. The molecule has 0 saturated heterocycles. The summed E-state index contributed by atoms with van der Waals surface area (Å²) in [7, 11) is 0. The van der Waals surface area contributed by atoms with E-state index in [1.807, 2.05) is 16.8 Å². The summed E-state index contributed by atoms with van der Waals surface area (Å²) < 4.78 is 45.7. The van der Waals surface area contributed by atoms with E-state index in [4.69, 9.17) is 4.42 Å². The number of benzene rings is 1. The molecule has 2 heterocycles. The normalized spacial score (nSPS) is 12.6. The molecule has 0 saturated carbocycles. The molecule has 2 N–H and O–H groups in total. The van der Waals surface area contributed by atoms with Crippen LogP contribution < -0.4 is 10.1 Å². The van der Waals surface area contributed by atoms with Crippen molar-refractivity contribution in [3.8, 4) is 17.1 Å². The molecule has 1 aromatic carbocycles. The summed E-state index contributed by atoms with van der Waals surface area (Å²) >= 11 is 1.52. The average molecular weight is 397 g/mol.